The predicted octanol–water partition coefficient (Wildman–Crippen LogP) is 4.50. The largest absolute Gasteiger partial charge is 0.454 e. The van der Waals surface area contributed by atoms with Crippen LogP contribution in [-0.2, 0) is 24.2 Å². The van der Waals surface area contributed by atoms with Crippen LogP contribution in [-0.4, -0.2) is 15.9 Å². The maximum Gasteiger partial charge on any atom is 0.357 e. The molecular weight excluding hydrogens is 340 g/mol. The number of fused-ring (bicyclic) bond motifs is 1. The first-order chi connectivity index (χ1) is 11.8. The molecule has 122 valence electrons. The van der Waals surface area contributed by atoms with Crippen molar-refractivity contribution >= 4 is 28.6 Å². The summed E-state index contributed by atoms with van der Waals surface area (Å²) < 4.78 is 5.38. The van der Waals surface area contributed by atoms with E-state index in [9.17, 15) is 4.79 Å². The monoisotopic (exact) mass is 356 g/mol. The molecule has 0 N–H and O–H groups in total. The Kier molecular flexibility index (Phi) is 4.40. The first-order valence-electron chi connectivity index (χ1n) is 7.93. The van der Waals surface area contributed by atoms with Crippen LogP contribution in [0.1, 0.15) is 40.2 Å². The summed E-state index contributed by atoms with van der Waals surface area (Å²) in [7, 11) is 0. The van der Waals surface area contributed by atoms with Crippen molar-refractivity contribution in [2.75, 3.05) is 0 Å². The first-order valence-corrected chi connectivity index (χ1v) is 9.69. The zero-order valence-electron chi connectivity index (χ0n) is 13.0. The molecule has 0 aromatic carbocycles. The van der Waals surface area contributed by atoms with Crippen LogP contribution in [0.3, 0.4) is 0 Å². The highest BCUT2D eigenvalue weighted by molar-refractivity contribution is 7.20. The van der Waals surface area contributed by atoms with Gasteiger partial charge in [0.05, 0.1) is 10.6 Å². The molecule has 0 saturated heterocycles. The van der Waals surface area contributed by atoms with Crippen molar-refractivity contribution in [2.45, 2.75) is 32.3 Å². The van der Waals surface area contributed by atoms with Crippen LogP contribution in [0.25, 0.3) is 9.88 Å². The molecule has 0 radical (unpaired) electrons. The SMILES string of the molecule is O=C(OCc1csc(-c2cccs2)n1)c1cc2c(cn1)CCCC2. The number of esters is 1. The number of carbonyl (C=O) groups excluding carboxylic acids is 1. The predicted molar refractivity (Wildman–Crippen MR) is 95.4 cm³/mol. The topological polar surface area (TPSA) is 52.1 Å². The molecule has 0 spiro atoms. The molecule has 0 aliphatic heterocycles. The second kappa shape index (κ2) is 6.83. The number of aromatic nitrogens is 2. The van der Waals surface area contributed by atoms with Gasteiger partial charge < -0.3 is 4.74 Å². The van der Waals surface area contributed by atoms with Gasteiger partial charge in [-0.2, -0.15) is 0 Å². The van der Waals surface area contributed by atoms with E-state index in [1.807, 2.05) is 35.2 Å². The lowest BCUT2D eigenvalue weighted by Gasteiger charge is -2.15. The number of carbonyl (C=O) groups is 1. The van der Waals surface area contributed by atoms with Gasteiger partial charge in [-0.3, -0.25) is 0 Å². The number of hydrogen-bond donors (Lipinski definition) is 0. The Morgan fingerprint density at radius 3 is 2.92 bits per heavy atom. The van der Waals surface area contributed by atoms with Gasteiger partial charge in [-0.05, 0) is 54.3 Å². The molecule has 0 saturated carbocycles. The normalized spacial score (nSPS) is 13.5. The average Bonchev–Trinajstić information content (AvgIpc) is 3.30. The van der Waals surface area contributed by atoms with Crippen LogP contribution in [0.5, 0.6) is 0 Å². The van der Waals surface area contributed by atoms with E-state index < -0.39 is 0 Å². The highest BCUT2D eigenvalue weighted by Crippen LogP contribution is 2.28. The standard InChI is InChI=1S/C18H16N2O2S2/c21-18(15-8-12-4-1-2-5-13(12)9-19-15)22-10-14-11-24-17(20-14)16-6-3-7-23-16/h3,6-9,11H,1-2,4-5,10H2. The van der Waals surface area contributed by atoms with Crippen LogP contribution in [0.2, 0.25) is 0 Å². The molecule has 3 heterocycles. The van der Waals surface area contributed by atoms with E-state index in [0.717, 1.165) is 28.4 Å². The second-order valence-corrected chi connectivity index (χ2v) is 7.55. The van der Waals surface area contributed by atoms with Gasteiger partial charge in [-0.1, -0.05) is 6.07 Å². The zero-order valence-corrected chi connectivity index (χ0v) is 14.7. The number of rotatable bonds is 4. The number of nitrogens with zero attached hydrogens (tertiary/aromatic N) is 2. The van der Waals surface area contributed by atoms with E-state index in [2.05, 4.69) is 9.97 Å². The lowest BCUT2D eigenvalue weighted by Crippen LogP contribution is -2.11. The van der Waals surface area contributed by atoms with Crippen molar-refractivity contribution in [3.05, 3.63) is 57.7 Å². The first kappa shape index (κ1) is 15.5. The zero-order chi connectivity index (χ0) is 16.4. The maximum atomic E-state index is 12.2. The Labute approximate surface area is 148 Å². The molecule has 1 aliphatic rings. The van der Waals surface area contributed by atoms with Crippen molar-refractivity contribution in [2.24, 2.45) is 0 Å². The summed E-state index contributed by atoms with van der Waals surface area (Å²) >= 11 is 3.22. The summed E-state index contributed by atoms with van der Waals surface area (Å²) in [6.07, 6.45) is 6.28. The van der Waals surface area contributed by atoms with Gasteiger partial charge in [0.2, 0.25) is 0 Å². The van der Waals surface area contributed by atoms with E-state index in [1.165, 1.54) is 24.0 Å². The molecule has 3 aromatic rings. The van der Waals surface area contributed by atoms with Gasteiger partial charge in [-0.25, -0.2) is 14.8 Å². The number of aryl methyl sites for hydroxylation is 2. The van der Waals surface area contributed by atoms with Gasteiger partial charge in [0, 0.05) is 11.6 Å². The van der Waals surface area contributed by atoms with Gasteiger partial charge in [0.15, 0.2) is 0 Å². The minimum absolute atomic E-state index is 0.180. The summed E-state index contributed by atoms with van der Waals surface area (Å²) in [4.78, 5) is 22.1. The molecule has 24 heavy (non-hydrogen) atoms. The highest BCUT2D eigenvalue weighted by atomic mass is 32.1. The molecule has 6 heteroatoms. The summed E-state index contributed by atoms with van der Waals surface area (Å²) in [6, 6.07) is 5.92. The van der Waals surface area contributed by atoms with Crippen LogP contribution in [0.15, 0.2) is 35.2 Å². The van der Waals surface area contributed by atoms with E-state index in [-0.39, 0.29) is 12.6 Å². The third-order valence-corrected chi connectivity index (χ3v) is 6.00. The van der Waals surface area contributed by atoms with Gasteiger partial charge in [0.1, 0.15) is 17.3 Å². The van der Waals surface area contributed by atoms with Crippen molar-refractivity contribution < 1.29 is 9.53 Å². The lowest BCUT2D eigenvalue weighted by atomic mass is 9.93. The molecule has 4 rings (SSSR count). The molecular formula is C18H16N2O2S2. The minimum atomic E-state index is -0.381. The molecule has 0 atom stereocenters. The fourth-order valence-corrected chi connectivity index (χ4v) is 4.44. The molecule has 1 aliphatic carbocycles. The van der Waals surface area contributed by atoms with E-state index in [1.54, 1.807) is 22.7 Å². The van der Waals surface area contributed by atoms with Crippen molar-refractivity contribution in [3.63, 3.8) is 0 Å². The van der Waals surface area contributed by atoms with Crippen LogP contribution < -0.4 is 0 Å². The summed E-state index contributed by atoms with van der Waals surface area (Å²) in [6.45, 7) is 0.180. The number of pyridine rings is 1. The van der Waals surface area contributed by atoms with Crippen molar-refractivity contribution in [1.29, 1.82) is 0 Å². The van der Waals surface area contributed by atoms with Crippen LogP contribution in [0, 0.1) is 0 Å². The molecule has 4 nitrogen and oxygen atoms in total. The summed E-state index contributed by atoms with van der Waals surface area (Å²) in [5.41, 5.74) is 3.66. The Morgan fingerprint density at radius 1 is 1.21 bits per heavy atom. The number of thiazole rings is 1. The minimum Gasteiger partial charge on any atom is -0.454 e. The Bertz CT molecular complexity index is 856. The quantitative estimate of drug-likeness (QED) is 0.646. The van der Waals surface area contributed by atoms with E-state index in [0.29, 0.717) is 5.69 Å². The number of thiophene rings is 1. The maximum absolute atomic E-state index is 12.2. The molecule has 3 aromatic heterocycles. The Hall–Kier alpha value is -2.05. The van der Waals surface area contributed by atoms with E-state index >= 15 is 0 Å². The molecule has 0 unspecified atom stereocenters. The lowest BCUT2D eigenvalue weighted by molar-refractivity contribution is 0.0461. The number of ether oxygens (including phenoxy) is 1. The van der Waals surface area contributed by atoms with Crippen LogP contribution in [0.4, 0.5) is 0 Å². The third kappa shape index (κ3) is 3.25. The smallest absolute Gasteiger partial charge is 0.357 e. The van der Waals surface area contributed by atoms with Crippen molar-refractivity contribution in [3.8, 4) is 9.88 Å². The second-order valence-electron chi connectivity index (χ2n) is 5.74. The van der Waals surface area contributed by atoms with E-state index in [4.69, 9.17) is 4.74 Å². The Morgan fingerprint density at radius 2 is 2.08 bits per heavy atom. The molecule has 0 fully saturated rings. The van der Waals surface area contributed by atoms with Gasteiger partial charge >= 0.3 is 5.97 Å². The summed E-state index contributed by atoms with van der Waals surface area (Å²) in [5.74, 6) is -0.381. The Balaban J connectivity index is 1.41. The van der Waals surface area contributed by atoms with Crippen molar-refractivity contribution in [1.82, 2.24) is 9.97 Å². The molecule has 0 bridgehead atoms. The number of hydrogen-bond acceptors (Lipinski definition) is 6. The van der Waals surface area contributed by atoms with Crippen LogP contribution >= 0.6 is 22.7 Å². The molecule has 0 amide bonds. The fraction of sp³-hybridized carbons (Fsp3) is 0.278. The average molecular weight is 356 g/mol. The highest BCUT2D eigenvalue weighted by Gasteiger charge is 2.16. The van der Waals surface area contributed by atoms with Gasteiger partial charge in [-0.15, -0.1) is 22.7 Å². The summed E-state index contributed by atoms with van der Waals surface area (Å²) in [5, 5.41) is 4.92. The third-order valence-electron chi connectivity index (χ3n) is 4.07. The fourth-order valence-electron chi connectivity index (χ4n) is 2.83. The van der Waals surface area contributed by atoms with Gasteiger partial charge in [0.25, 0.3) is 0 Å².